The molecule has 1 heterocycles. The highest BCUT2D eigenvalue weighted by Gasteiger charge is 2.15. The minimum absolute atomic E-state index is 0.271. The van der Waals surface area contributed by atoms with Crippen molar-refractivity contribution in [2.24, 2.45) is 0 Å². The summed E-state index contributed by atoms with van der Waals surface area (Å²) in [5.41, 5.74) is 3.37. The van der Waals surface area contributed by atoms with Crippen LogP contribution in [0.5, 0.6) is 0 Å². The van der Waals surface area contributed by atoms with Gasteiger partial charge in [-0.1, -0.05) is 82.3 Å². The lowest BCUT2D eigenvalue weighted by atomic mass is 9.99. The lowest BCUT2D eigenvalue weighted by Crippen LogP contribution is -2.08. The second-order valence-electron chi connectivity index (χ2n) is 6.60. The predicted molar refractivity (Wildman–Crippen MR) is 98.9 cm³/mol. The van der Waals surface area contributed by atoms with Gasteiger partial charge in [0.1, 0.15) is 11.6 Å². The molecule has 0 aliphatic carbocycles. The normalized spacial score (nSPS) is 11.2. The van der Waals surface area contributed by atoms with E-state index in [1.807, 2.05) is 12.1 Å². The van der Waals surface area contributed by atoms with Crippen LogP contribution in [-0.2, 0) is 0 Å². The van der Waals surface area contributed by atoms with Crippen molar-refractivity contribution in [2.75, 3.05) is 0 Å². The minimum Gasteiger partial charge on any atom is -0.217 e. The zero-order valence-corrected chi connectivity index (χ0v) is 14.7. The maximum Gasteiger partial charge on any atom is 0.163 e. The van der Waals surface area contributed by atoms with Gasteiger partial charge in [0.05, 0.1) is 0 Å². The Labute approximate surface area is 143 Å². The van der Waals surface area contributed by atoms with E-state index in [0.29, 0.717) is 0 Å². The molecule has 0 unspecified atom stereocenters. The molecule has 0 saturated carbocycles. The van der Waals surface area contributed by atoms with E-state index in [0.717, 1.165) is 28.6 Å². The summed E-state index contributed by atoms with van der Waals surface area (Å²) in [6.07, 6.45) is 0. The van der Waals surface area contributed by atoms with Gasteiger partial charge in [0.2, 0.25) is 0 Å². The third kappa shape index (κ3) is 3.35. The molecule has 0 spiro atoms. The fraction of sp³-hybridized carbons (Fsp3) is 0.286. The minimum atomic E-state index is 0.271. The monoisotopic (exact) mass is 317 g/mol. The van der Waals surface area contributed by atoms with Gasteiger partial charge < -0.3 is 0 Å². The summed E-state index contributed by atoms with van der Waals surface area (Å²) >= 11 is 0. The van der Waals surface area contributed by atoms with Gasteiger partial charge >= 0.3 is 0 Å². The number of nitrogens with zero attached hydrogens (tertiary/aromatic N) is 3. The van der Waals surface area contributed by atoms with Gasteiger partial charge in [-0.3, -0.25) is 0 Å². The van der Waals surface area contributed by atoms with Crippen molar-refractivity contribution < 1.29 is 0 Å². The molecule has 0 saturated heterocycles. The SMILES string of the molecule is CC(C)c1nc(-c2ccccc2-c2ccccc2)nc(C(C)C)n1. The molecule has 3 aromatic rings. The number of hydrogen-bond donors (Lipinski definition) is 0. The molecule has 0 amide bonds. The van der Waals surface area contributed by atoms with Crippen molar-refractivity contribution in [3.05, 3.63) is 66.2 Å². The van der Waals surface area contributed by atoms with Gasteiger partial charge in [-0.25, -0.2) is 15.0 Å². The standard InChI is InChI=1S/C21H23N3/c1-14(2)19-22-20(15(3)4)24-21(23-19)18-13-9-8-12-17(18)16-10-6-5-7-11-16/h5-15H,1-4H3. The zero-order valence-electron chi connectivity index (χ0n) is 14.7. The van der Waals surface area contributed by atoms with Crippen LogP contribution >= 0.6 is 0 Å². The molecule has 0 fully saturated rings. The van der Waals surface area contributed by atoms with Crippen molar-refractivity contribution >= 4 is 0 Å². The molecule has 0 N–H and O–H groups in total. The number of aromatic nitrogens is 3. The lowest BCUT2D eigenvalue weighted by Gasteiger charge is -2.13. The van der Waals surface area contributed by atoms with Gasteiger partial charge in [0.15, 0.2) is 5.82 Å². The van der Waals surface area contributed by atoms with Crippen LogP contribution in [-0.4, -0.2) is 15.0 Å². The Bertz CT molecular complexity index is 797. The summed E-state index contributed by atoms with van der Waals surface area (Å²) in [7, 11) is 0. The molecule has 0 aliphatic rings. The van der Waals surface area contributed by atoms with Gasteiger partial charge in [0, 0.05) is 17.4 Å². The summed E-state index contributed by atoms with van der Waals surface area (Å²) in [5.74, 6) is 3.01. The molecule has 0 bridgehead atoms. The molecule has 0 radical (unpaired) electrons. The van der Waals surface area contributed by atoms with Crippen LogP contribution in [0.15, 0.2) is 54.6 Å². The van der Waals surface area contributed by atoms with Crippen molar-refractivity contribution in [1.82, 2.24) is 15.0 Å². The van der Waals surface area contributed by atoms with E-state index in [4.69, 9.17) is 9.97 Å². The average molecular weight is 317 g/mol. The summed E-state index contributed by atoms with van der Waals surface area (Å²) in [6.45, 7) is 8.47. The molecule has 0 aliphatic heterocycles. The second kappa shape index (κ2) is 6.91. The molecule has 2 aromatic carbocycles. The zero-order chi connectivity index (χ0) is 17.1. The number of benzene rings is 2. The third-order valence-corrected chi connectivity index (χ3v) is 3.96. The maximum atomic E-state index is 4.75. The Morgan fingerprint density at radius 1 is 0.583 bits per heavy atom. The summed E-state index contributed by atoms with van der Waals surface area (Å²) in [6, 6.07) is 18.7. The molecule has 0 atom stereocenters. The van der Waals surface area contributed by atoms with Gasteiger partial charge in [0.25, 0.3) is 0 Å². The molecule has 24 heavy (non-hydrogen) atoms. The van der Waals surface area contributed by atoms with E-state index in [9.17, 15) is 0 Å². The largest absolute Gasteiger partial charge is 0.217 e. The van der Waals surface area contributed by atoms with Gasteiger partial charge in [-0.2, -0.15) is 0 Å². The Balaban J connectivity index is 2.20. The molecule has 3 rings (SSSR count). The fourth-order valence-corrected chi connectivity index (χ4v) is 2.59. The van der Waals surface area contributed by atoms with Crippen LogP contribution in [0.2, 0.25) is 0 Å². The van der Waals surface area contributed by atoms with E-state index in [2.05, 4.69) is 75.1 Å². The second-order valence-corrected chi connectivity index (χ2v) is 6.60. The Morgan fingerprint density at radius 2 is 1.08 bits per heavy atom. The van der Waals surface area contributed by atoms with Crippen LogP contribution in [0.4, 0.5) is 0 Å². The molecule has 1 aromatic heterocycles. The van der Waals surface area contributed by atoms with E-state index in [1.165, 1.54) is 5.56 Å². The van der Waals surface area contributed by atoms with Crippen LogP contribution in [0.1, 0.15) is 51.2 Å². The van der Waals surface area contributed by atoms with Crippen LogP contribution < -0.4 is 0 Å². The first-order valence-electron chi connectivity index (χ1n) is 8.47. The Morgan fingerprint density at radius 3 is 1.62 bits per heavy atom. The first-order valence-corrected chi connectivity index (χ1v) is 8.47. The highest BCUT2D eigenvalue weighted by atomic mass is 15.0. The Hall–Kier alpha value is -2.55. The third-order valence-electron chi connectivity index (χ3n) is 3.96. The van der Waals surface area contributed by atoms with Crippen LogP contribution in [0.3, 0.4) is 0 Å². The average Bonchev–Trinajstić information content (AvgIpc) is 2.62. The first-order chi connectivity index (χ1) is 11.6. The van der Waals surface area contributed by atoms with Gasteiger partial charge in [-0.15, -0.1) is 0 Å². The molecular weight excluding hydrogens is 294 g/mol. The van der Waals surface area contributed by atoms with Crippen molar-refractivity contribution in [3.8, 4) is 22.5 Å². The van der Waals surface area contributed by atoms with E-state index in [-0.39, 0.29) is 11.8 Å². The molecule has 122 valence electrons. The van der Waals surface area contributed by atoms with Crippen molar-refractivity contribution in [3.63, 3.8) is 0 Å². The fourth-order valence-electron chi connectivity index (χ4n) is 2.59. The highest BCUT2D eigenvalue weighted by Crippen LogP contribution is 2.31. The summed E-state index contributed by atoms with van der Waals surface area (Å²) < 4.78 is 0. The smallest absolute Gasteiger partial charge is 0.163 e. The van der Waals surface area contributed by atoms with Crippen LogP contribution in [0, 0.1) is 0 Å². The van der Waals surface area contributed by atoms with Crippen molar-refractivity contribution in [1.29, 1.82) is 0 Å². The Kier molecular flexibility index (Phi) is 4.70. The van der Waals surface area contributed by atoms with Crippen molar-refractivity contribution in [2.45, 2.75) is 39.5 Å². The van der Waals surface area contributed by atoms with E-state index in [1.54, 1.807) is 0 Å². The highest BCUT2D eigenvalue weighted by molar-refractivity contribution is 5.80. The van der Waals surface area contributed by atoms with E-state index < -0.39 is 0 Å². The van der Waals surface area contributed by atoms with Crippen LogP contribution in [0.25, 0.3) is 22.5 Å². The maximum absolute atomic E-state index is 4.75. The molecule has 3 heteroatoms. The summed E-state index contributed by atoms with van der Waals surface area (Å²) in [5, 5.41) is 0. The summed E-state index contributed by atoms with van der Waals surface area (Å²) in [4.78, 5) is 14.1. The number of hydrogen-bond acceptors (Lipinski definition) is 3. The quantitative estimate of drug-likeness (QED) is 0.642. The molecular formula is C21H23N3. The predicted octanol–water partition coefficient (Wildman–Crippen LogP) is 5.45. The topological polar surface area (TPSA) is 38.7 Å². The molecule has 3 nitrogen and oxygen atoms in total. The number of rotatable bonds is 4. The van der Waals surface area contributed by atoms with E-state index >= 15 is 0 Å². The first kappa shape index (κ1) is 16.3. The van der Waals surface area contributed by atoms with Gasteiger partial charge in [-0.05, 0) is 11.1 Å². The lowest BCUT2D eigenvalue weighted by molar-refractivity contribution is 0.697.